The number of para-hydroxylation sites is 2. The lowest BCUT2D eigenvalue weighted by Crippen LogP contribution is -2.15. The number of pyridine rings is 1. The molecule has 0 aliphatic carbocycles. The fourth-order valence-corrected chi connectivity index (χ4v) is 4.34. The molecule has 37 heavy (non-hydrogen) atoms. The molecule has 0 bridgehead atoms. The molecule has 0 radical (unpaired) electrons. The first-order valence-corrected chi connectivity index (χ1v) is 12.2. The molecule has 0 saturated carbocycles. The lowest BCUT2D eigenvalue weighted by molar-refractivity contribution is 0.324. The Labute approximate surface area is 212 Å². The zero-order valence-corrected chi connectivity index (χ0v) is 20.8. The molecule has 11 nitrogen and oxygen atoms in total. The molecule has 2 aromatic heterocycles. The molecule has 0 spiro atoms. The molecule has 13 heteroatoms. The maximum absolute atomic E-state index is 14.6. The first kappa shape index (κ1) is 25.4. The number of rotatable bonds is 10. The van der Waals surface area contributed by atoms with Gasteiger partial charge in [-0.25, -0.2) is 14.4 Å². The van der Waals surface area contributed by atoms with E-state index in [1.165, 1.54) is 39.7 Å². The summed E-state index contributed by atoms with van der Waals surface area (Å²) < 4.78 is 58.6. The minimum atomic E-state index is -3.98. The van der Waals surface area contributed by atoms with Gasteiger partial charge in [-0.05, 0) is 24.3 Å². The van der Waals surface area contributed by atoms with Crippen molar-refractivity contribution in [1.82, 2.24) is 15.0 Å². The number of methoxy groups -OCH3 is 3. The van der Waals surface area contributed by atoms with E-state index in [-0.39, 0.29) is 28.2 Å². The Morgan fingerprint density at radius 2 is 1.51 bits per heavy atom. The molecule has 0 saturated heterocycles. The summed E-state index contributed by atoms with van der Waals surface area (Å²) in [4.78, 5) is 12.1. The summed E-state index contributed by atoms with van der Waals surface area (Å²) in [6.45, 7) is 0. The molecular formula is C24H23FN6O5S. The molecule has 0 atom stereocenters. The van der Waals surface area contributed by atoms with E-state index in [4.69, 9.17) is 14.2 Å². The van der Waals surface area contributed by atoms with Crippen LogP contribution in [0.25, 0.3) is 0 Å². The average molecular weight is 527 g/mol. The number of nitrogens with zero attached hydrogens (tertiary/aromatic N) is 3. The molecule has 2 aromatic carbocycles. The van der Waals surface area contributed by atoms with Gasteiger partial charge in [0.1, 0.15) is 0 Å². The monoisotopic (exact) mass is 526 g/mol. The highest BCUT2D eigenvalue weighted by molar-refractivity contribution is 7.92. The standard InChI is InChI=1S/C24H23FN6O5S/c1-34-19-12-15(13-20(35-2)22(19)36-3)28-24-27-14-16(25)23(30-24)29-17-8-4-5-9-18(17)31-37(32,33)21-10-6-7-11-26-21/h4-14,31H,1-3H3,(H2,27,28,29,30). The summed E-state index contributed by atoms with van der Waals surface area (Å²) in [7, 11) is 0.475. The van der Waals surface area contributed by atoms with Gasteiger partial charge >= 0.3 is 0 Å². The number of benzene rings is 2. The molecular weight excluding hydrogens is 503 g/mol. The van der Waals surface area contributed by atoms with Crippen LogP contribution >= 0.6 is 0 Å². The molecule has 0 fully saturated rings. The van der Waals surface area contributed by atoms with Crippen LogP contribution in [0.15, 0.2) is 72.0 Å². The van der Waals surface area contributed by atoms with E-state index in [0.717, 1.165) is 6.20 Å². The number of ether oxygens (including phenoxy) is 3. The quantitative estimate of drug-likeness (QED) is 0.274. The number of aromatic nitrogens is 3. The minimum absolute atomic E-state index is 0.0599. The number of sulfonamides is 1. The van der Waals surface area contributed by atoms with Gasteiger partial charge in [0.2, 0.25) is 11.7 Å². The van der Waals surface area contributed by atoms with E-state index in [2.05, 4.69) is 30.3 Å². The maximum Gasteiger partial charge on any atom is 0.279 e. The van der Waals surface area contributed by atoms with Crippen molar-refractivity contribution in [3.63, 3.8) is 0 Å². The van der Waals surface area contributed by atoms with Gasteiger partial charge in [-0.15, -0.1) is 0 Å². The summed E-state index contributed by atoms with van der Waals surface area (Å²) in [6, 6.07) is 14.2. The molecule has 0 unspecified atom stereocenters. The largest absolute Gasteiger partial charge is 0.493 e. The van der Waals surface area contributed by atoms with E-state index < -0.39 is 15.8 Å². The highest BCUT2D eigenvalue weighted by Crippen LogP contribution is 2.40. The van der Waals surface area contributed by atoms with Crippen molar-refractivity contribution in [1.29, 1.82) is 0 Å². The first-order valence-electron chi connectivity index (χ1n) is 10.7. The molecule has 4 aromatic rings. The van der Waals surface area contributed by atoms with Gasteiger partial charge in [-0.1, -0.05) is 18.2 Å². The van der Waals surface area contributed by atoms with Crippen molar-refractivity contribution in [3.8, 4) is 17.2 Å². The Hall–Kier alpha value is -4.65. The highest BCUT2D eigenvalue weighted by Gasteiger charge is 2.19. The summed E-state index contributed by atoms with van der Waals surface area (Å²) in [6.07, 6.45) is 2.35. The van der Waals surface area contributed by atoms with Crippen LogP contribution in [0.3, 0.4) is 0 Å². The SMILES string of the molecule is COc1cc(Nc2ncc(F)c(Nc3ccccc3NS(=O)(=O)c3ccccn3)n2)cc(OC)c1OC. The predicted molar refractivity (Wildman–Crippen MR) is 136 cm³/mol. The third-order valence-electron chi connectivity index (χ3n) is 5.00. The minimum Gasteiger partial charge on any atom is -0.493 e. The number of anilines is 5. The van der Waals surface area contributed by atoms with Crippen LogP contribution in [0.2, 0.25) is 0 Å². The summed E-state index contributed by atoms with van der Waals surface area (Å²) in [5, 5.41) is 5.63. The Kier molecular flexibility index (Phi) is 7.53. The van der Waals surface area contributed by atoms with Crippen molar-refractivity contribution in [2.45, 2.75) is 5.03 Å². The normalized spacial score (nSPS) is 10.9. The fraction of sp³-hybridized carbons (Fsp3) is 0.125. The van der Waals surface area contributed by atoms with Gasteiger partial charge in [0.15, 0.2) is 28.2 Å². The zero-order valence-electron chi connectivity index (χ0n) is 20.0. The van der Waals surface area contributed by atoms with Gasteiger partial charge in [0.25, 0.3) is 10.0 Å². The van der Waals surface area contributed by atoms with E-state index in [1.54, 1.807) is 42.5 Å². The van der Waals surface area contributed by atoms with Crippen LogP contribution in [0.1, 0.15) is 0 Å². The second kappa shape index (κ2) is 11.0. The molecule has 3 N–H and O–H groups in total. The van der Waals surface area contributed by atoms with Crippen LogP contribution in [-0.2, 0) is 10.0 Å². The van der Waals surface area contributed by atoms with Crippen LogP contribution in [0.5, 0.6) is 17.2 Å². The van der Waals surface area contributed by atoms with Crippen molar-refractivity contribution in [2.75, 3.05) is 36.7 Å². The molecule has 2 heterocycles. The van der Waals surface area contributed by atoms with Crippen molar-refractivity contribution >= 4 is 38.9 Å². The van der Waals surface area contributed by atoms with Gasteiger partial charge in [0.05, 0.1) is 38.9 Å². The molecule has 4 rings (SSSR count). The average Bonchev–Trinajstić information content (AvgIpc) is 2.91. The van der Waals surface area contributed by atoms with E-state index in [1.807, 2.05) is 0 Å². The number of halogens is 1. The van der Waals surface area contributed by atoms with Gasteiger partial charge in [0, 0.05) is 24.0 Å². The van der Waals surface area contributed by atoms with Gasteiger partial charge in [-0.3, -0.25) is 4.72 Å². The molecule has 0 aliphatic rings. The second-order valence-corrected chi connectivity index (χ2v) is 9.00. The first-order chi connectivity index (χ1) is 17.8. The third kappa shape index (κ3) is 5.78. The second-order valence-electron chi connectivity index (χ2n) is 7.37. The molecule has 0 amide bonds. The van der Waals surface area contributed by atoms with E-state index in [9.17, 15) is 12.8 Å². The summed E-state index contributed by atoms with van der Waals surface area (Å²) >= 11 is 0. The predicted octanol–water partition coefficient (Wildman–Crippen LogP) is 4.32. The third-order valence-corrected chi connectivity index (χ3v) is 6.28. The number of hydrogen-bond donors (Lipinski definition) is 3. The molecule has 0 aliphatic heterocycles. The Morgan fingerprint density at radius 1 is 0.838 bits per heavy atom. The van der Waals surface area contributed by atoms with E-state index >= 15 is 0 Å². The topological polar surface area (TPSA) is 137 Å². The Balaban J connectivity index is 1.61. The number of nitrogens with one attached hydrogen (secondary N) is 3. The lowest BCUT2D eigenvalue weighted by Gasteiger charge is -2.16. The zero-order chi connectivity index (χ0) is 26.4. The van der Waals surface area contributed by atoms with Crippen molar-refractivity contribution in [2.24, 2.45) is 0 Å². The summed E-state index contributed by atoms with van der Waals surface area (Å²) in [5.74, 6) is 0.331. The van der Waals surface area contributed by atoms with Crippen LogP contribution in [0, 0.1) is 5.82 Å². The van der Waals surface area contributed by atoms with E-state index in [0.29, 0.717) is 22.9 Å². The lowest BCUT2D eigenvalue weighted by atomic mass is 10.2. The van der Waals surface area contributed by atoms with Crippen molar-refractivity contribution < 1.29 is 27.0 Å². The maximum atomic E-state index is 14.6. The van der Waals surface area contributed by atoms with Crippen molar-refractivity contribution in [3.05, 3.63) is 72.8 Å². The Morgan fingerprint density at radius 3 is 2.14 bits per heavy atom. The smallest absolute Gasteiger partial charge is 0.279 e. The van der Waals surface area contributed by atoms with Crippen LogP contribution in [0.4, 0.5) is 33.2 Å². The van der Waals surface area contributed by atoms with Gasteiger partial charge < -0.3 is 24.8 Å². The van der Waals surface area contributed by atoms with Crippen LogP contribution in [-0.4, -0.2) is 44.7 Å². The fourth-order valence-electron chi connectivity index (χ4n) is 3.31. The van der Waals surface area contributed by atoms with Crippen LogP contribution < -0.4 is 29.6 Å². The summed E-state index contributed by atoms with van der Waals surface area (Å²) in [5.41, 5.74) is 0.930. The number of hydrogen-bond acceptors (Lipinski definition) is 10. The Bertz CT molecular complexity index is 1480. The molecule has 192 valence electrons. The highest BCUT2D eigenvalue weighted by atomic mass is 32.2. The van der Waals surface area contributed by atoms with Gasteiger partial charge in [-0.2, -0.15) is 13.4 Å².